The zero-order valence-corrected chi connectivity index (χ0v) is 20.7. The summed E-state index contributed by atoms with van der Waals surface area (Å²) in [5.74, 6) is -4.18. The standard InChI is InChI=1S/C27H28F3NO.C2H2O4/c28-24-7-1-21(2-8-24)19-31-16-13-20(14-17-31)15-18-32-27(22-3-9-25(29)10-4-22)23-5-11-26(30)12-6-23;3-1(4)2(5)6/h1-12,20,27H,13-19H2;(H,3,4)(H,5,6). The van der Waals surface area contributed by atoms with E-state index < -0.39 is 11.9 Å². The number of benzene rings is 3. The number of quaternary nitrogens is 1. The summed E-state index contributed by atoms with van der Waals surface area (Å²) in [5, 5.41) is 16.3. The van der Waals surface area contributed by atoms with Gasteiger partial charge in [-0.15, -0.1) is 0 Å². The Hall–Kier alpha value is -3.69. The van der Waals surface area contributed by atoms with Gasteiger partial charge in [0.15, 0.2) is 5.97 Å². The smallest absolute Gasteiger partial charge is 0.351 e. The summed E-state index contributed by atoms with van der Waals surface area (Å²) < 4.78 is 46.1. The van der Waals surface area contributed by atoms with E-state index in [4.69, 9.17) is 24.5 Å². The number of likely N-dealkylation sites (tertiary alicyclic amines) is 1. The number of carboxylic acids is 2. The topological polar surface area (TPSA) is 91.1 Å². The Morgan fingerprint density at radius 3 is 1.68 bits per heavy atom. The van der Waals surface area contributed by atoms with Crippen molar-refractivity contribution in [3.63, 3.8) is 0 Å². The molecule has 1 saturated heterocycles. The van der Waals surface area contributed by atoms with Crippen LogP contribution in [0.4, 0.5) is 13.2 Å². The van der Waals surface area contributed by atoms with Gasteiger partial charge < -0.3 is 24.6 Å². The van der Waals surface area contributed by atoms with E-state index in [0.717, 1.165) is 50.0 Å². The number of carbonyl (C=O) groups is 2. The molecule has 0 unspecified atom stereocenters. The van der Waals surface area contributed by atoms with Crippen molar-refractivity contribution < 1.29 is 42.6 Å². The molecule has 4 rings (SSSR count). The second-order valence-corrected chi connectivity index (χ2v) is 9.23. The van der Waals surface area contributed by atoms with E-state index in [0.29, 0.717) is 12.5 Å². The van der Waals surface area contributed by atoms with Gasteiger partial charge in [0.05, 0.1) is 13.1 Å². The number of hydrogen-bond donors (Lipinski definition) is 2. The highest BCUT2D eigenvalue weighted by atomic mass is 19.1. The second kappa shape index (κ2) is 14.3. The van der Waals surface area contributed by atoms with Gasteiger partial charge in [-0.3, -0.25) is 0 Å². The monoisotopic (exact) mass is 529 g/mol. The van der Waals surface area contributed by atoms with Crippen LogP contribution in [0.2, 0.25) is 0 Å². The fraction of sp³-hybridized carbons (Fsp3) is 0.310. The number of rotatable bonds is 8. The maximum Gasteiger partial charge on any atom is 0.351 e. The van der Waals surface area contributed by atoms with Crippen LogP contribution >= 0.6 is 0 Å². The Labute approximate surface area is 219 Å². The second-order valence-electron chi connectivity index (χ2n) is 9.23. The molecule has 0 aromatic heterocycles. The lowest BCUT2D eigenvalue weighted by Gasteiger charge is -2.29. The average Bonchev–Trinajstić information content (AvgIpc) is 2.91. The maximum atomic E-state index is 13.4. The molecule has 38 heavy (non-hydrogen) atoms. The van der Waals surface area contributed by atoms with Crippen LogP contribution in [0.5, 0.6) is 0 Å². The number of ether oxygens (including phenoxy) is 1. The van der Waals surface area contributed by atoms with Crippen molar-refractivity contribution in [1.82, 2.24) is 0 Å². The van der Waals surface area contributed by atoms with Crippen LogP contribution in [0.3, 0.4) is 0 Å². The van der Waals surface area contributed by atoms with Crippen LogP contribution in [-0.2, 0) is 20.9 Å². The summed E-state index contributed by atoms with van der Waals surface area (Å²) in [4.78, 5) is 19.6. The molecule has 3 aromatic carbocycles. The Bertz CT molecular complexity index is 1100. The first-order valence-electron chi connectivity index (χ1n) is 12.4. The van der Waals surface area contributed by atoms with Gasteiger partial charge in [-0.1, -0.05) is 36.4 Å². The van der Waals surface area contributed by atoms with Crippen LogP contribution < -0.4 is 10.0 Å². The Balaban J connectivity index is 0.000000599. The summed E-state index contributed by atoms with van der Waals surface area (Å²) >= 11 is 0. The van der Waals surface area contributed by atoms with Crippen molar-refractivity contribution in [3.8, 4) is 0 Å². The highest BCUT2D eigenvalue weighted by Crippen LogP contribution is 2.27. The number of carboxylic acid groups (broad SMARTS) is 2. The van der Waals surface area contributed by atoms with Crippen molar-refractivity contribution in [2.24, 2.45) is 5.92 Å². The molecule has 1 aliphatic rings. The number of carbonyl (C=O) groups excluding carboxylic acids is 1. The van der Waals surface area contributed by atoms with Crippen LogP contribution in [0.15, 0.2) is 72.8 Å². The predicted molar refractivity (Wildman–Crippen MR) is 131 cm³/mol. The van der Waals surface area contributed by atoms with E-state index in [1.165, 1.54) is 46.9 Å². The van der Waals surface area contributed by atoms with Crippen LogP contribution in [0.1, 0.15) is 42.1 Å². The van der Waals surface area contributed by atoms with Gasteiger partial charge in [0, 0.05) is 12.2 Å². The van der Waals surface area contributed by atoms with Crippen LogP contribution in [-0.4, -0.2) is 36.7 Å². The zero-order valence-electron chi connectivity index (χ0n) is 20.7. The summed E-state index contributed by atoms with van der Waals surface area (Å²) in [6.07, 6.45) is 2.89. The highest BCUT2D eigenvalue weighted by molar-refractivity contribution is 6.26. The van der Waals surface area contributed by atoms with Crippen molar-refractivity contribution >= 4 is 11.9 Å². The van der Waals surface area contributed by atoms with E-state index in [1.54, 1.807) is 24.3 Å². The third-order valence-electron chi connectivity index (χ3n) is 6.51. The van der Waals surface area contributed by atoms with Gasteiger partial charge in [0.1, 0.15) is 30.1 Å². The molecule has 0 saturated carbocycles. The van der Waals surface area contributed by atoms with E-state index in [1.807, 2.05) is 12.1 Å². The lowest BCUT2D eigenvalue weighted by molar-refractivity contribution is -0.919. The van der Waals surface area contributed by atoms with Crippen molar-refractivity contribution in [1.29, 1.82) is 0 Å². The Kier molecular flexibility index (Phi) is 10.9. The molecule has 9 heteroatoms. The number of halogens is 3. The van der Waals surface area contributed by atoms with Gasteiger partial charge in [0.2, 0.25) is 0 Å². The number of piperidine rings is 1. The molecule has 0 atom stereocenters. The van der Waals surface area contributed by atoms with Gasteiger partial charge >= 0.3 is 5.97 Å². The third kappa shape index (κ3) is 9.32. The first-order chi connectivity index (χ1) is 18.2. The zero-order chi connectivity index (χ0) is 27.5. The minimum atomic E-state index is -2.07. The quantitative estimate of drug-likeness (QED) is 0.438. The molecule has 2 N–H and O–H groups in total. The molecule has 6 nitrogen and oxygen atoms in total. The van der Waals surface area contributed by atoms with Crippen molar-refractivity contribution in [3.05, 3.63) is 107 Å². The predicted octanol–water partition coefficient (Wildman–Crippen LogP) is 2.92. The molecule has 1 aliphatic heterocycles. The molecule has 0 radical (unpaired) electrons. The summed E-state index contributed by atoms with van der Waals surface area (Å²) in [7, 11) is 0. The molecule has 0 spiro atoms. The molecular weight excluding hydrogens is 499 g/mol. The lowest BCUT2D eigenvalue weighted by Crippen LogP contribution is -3.11. The van der Waals surface area contributed by atoms with E-state index in [2.05, 4.69) is 0 Å². The van der Waals surface area contributed by atoms with Crippen LogP contribution in [0.25, 0.3) is 0 Å². The van der Waals surface area contributed by atoms with E-state index in [-0.39, 0.29) is 23.6 Å². The molecule has 3 aromatic rings. The van der Waals surface area contributed by atoms with Crippen molar-refractivity contribution in [2.75, 3.05) is 19.7 Å². The van der Waals surface area contributed by atoms with Gasteiger partial charge in [0.25, 0.3) is 0 Å². The van der Waals surface area contributed by atoms with E-state index >= 15 is 0 Å². The molecule has 0 bridgehead atoms. The first-order valence-corrected chi connectivity index (χ1v) is 12.4. The summed E-state index contributed by atoms with van der Waals surface area (Å²) in [5.41, 5.74) is 2.89. The maximum absolute atomic E-state index is 13.4. The molecule has 1 heterocycles. The molecular formula is C29H30F3NO5. The minimum Gasteiger partial charge on any atom is -0.539 e. The SMILES string of the molecule is Fc1ccc(C[NH+]2CCC(CCOC(c3ccc(F)cc3)c3ccc(F)cc3)CC2)cc1.O=C([O-])C(=O)O. The lowest BCUT2D eigenvalue weighted by atomic mass is 9.93. The third-order valence-corrected chi connectivity index (χ3v) is 6.51. The molecule has 0 amide bonds. The fourth-order valence-electron chi connectivity index (χ4n) is 4.45. The first kappa shape index (κ1) is 28.9. The molecule has 202 valence electrons. The van der Waals surface area contributed by atoms with Gasteiger partial charge in [-0.2, -0.15) is 0 Å². The van der Waals surface area contributed by atoms with Crippen molar-refractivity contribution in [2.45, 2.75) is 31.9 Å². The van der Waals surface area contributed by atoms with E-state index in [9.17, 15) is 13.2 Å². The molecule has 0 aliphatic carbocycles. The normalized spacial score (nSPS) is 16.9. The molecule has 1 fully saturated rings. The Morgan fingerprint density at radius 2 is 1.26 bits per heavy atom. The average molecular weight is 530 g/mol. The highest BCUT2D eigenvalue weighted by Gasteiger charge is 2.23. The number of hydrogen-bond acceptors (Lipinski definition) is 4. The fourth-order valence-corrected chi connectivity index (χ4v) is 4.45. The van der Waals surface area contributed by atoms with Crippen LogP contribution in [0, 0.1) is 23.4 Å². The number of aliphatic carboxylic acids is 2. The van der Waals surface area contributed by atoms with Gasteiger partial charge in [-0.25, -0.2) is 18.0 Å². The largest absolute Gasteiger partial charge is 0.539 e. The van der Waals surface area contributed by atoms with Gasteiger partial charge in [-0.05, 0) is 72.7 Å². The summed E-state index contributed by atoms with van der Waals surface area (Å²) in [6, 6.07) is 19.4. The summed E-state index contributed by atoms with van der Waals surface area (Å²) in [6.45, 7) is 3.72. The minimum absolute atomic E-state index is 0.193. The number of nitrogens with one attached hydrogen (secondary N) is 1. The Morgan fingerprint density at radius 1 is 0.842 bits per heavy atom.